The van der Waals surface area contributed by atoms with Crippen molar-refractivity contribution in [2.24, 2.45) is 7.05 Å². The molecule has 3 aromatic rings. The molecule has 1 aliphatic rings. The first kappa shape index (κ1) is 15.1. The van der Waals surface area contributed by atoms with Gasteiger partial charge in [0.2, 0.25) is 0 Å². The van der Waals surface area contributed by atoms with Crippen LogP contribution in [0, 0.1) is 0 Å². The van der Waals surface area contributed by atoms with E-state index >= 15 is 0 Å². The van der Waals surface area contributed by atoms with Crippen LogP contribution in [0.15, 0.2) is 41.5 Å². The molecule has 1 fully saturated rings. The molecule has 0 amide bonds. The summed E-state index contributed by atoms with van der Waals surface area (Å²) < 4.78 is 7.64. The molecule has 0 bridgehead atoms. The Hall–Kier alpha value is -2.40. The van der Waals surface area contributed by atoms with Crippen molar-refractivity contribution in [1.82, 2.24) is 14.9 Å². The molecule has 24 heavy (non-hydrogen) atoms. The molecule has 0 aliphatic carbocycles. The van der Waals surface area contributed by atoms with Gasteiger partial charge >= 0.3 is 0 Å². The molecule has 124 valence electrons. The Morgan fingerprint density at radius 3 is 3.00 bits per heavy atom. The van der Waals surface area contributed by atoms with Crippen molar-refractivity contribution in [3.63, 3.8) is 0 Å². The smallest absolute Gasteiger partial charge is 0.260 e. The van der Waals surface area contributed by atoms with Crippen molar-refractivity contribution in [1.29, 1.82) is 0 Å². The van der Waals surface area contributed by atoms with E-state index in [1.54, 1.807) is 24.0 Å². The molecule has 5 heteroatoms. The number of nitrogens with one attached hydrogen (secondary N) is 1. The summed E-state index contributed by atoms with van der Waals surface area (Å²) in [5, 5.41) is 6.10. The van der Waals surface area contributed by atoms with Crippen LogP contribution in [0.2, 0.25) is 0 Å². The maximum Gasteiger partial charge on any atom is 0.260 e. The van der Waals surface area contributed by atoms with E-state index in [2.05, 4.69) is 10.3 Å². The lowest BCUT2D eigenvalue weighted by Crippen LogP contribution is -2.38. The van der Waals surface area contributed by atoms with E-state index in [0.29, 0.717) is 18.0 Å². The van der Waals surface area contributed by atoms with Crippen LogP contribution < -0.4 is 15.6 Å². The van der Waals surface area contributed by atoms with Gasteiger partial charge < -0.3 is 14.6 Å². The Balaban J connectivity index is 1.71. The summed E-state index contributed by atoms with van der Waals surface area (Å²) in [4.78, 5) is 16.6. The molecule has 1 saturated heterocycles. The molecule has 0 radical (unpaired) electrons. The van der Waals surface area contributed by atoms with Gasteiger partial charge in [-0.15, -0.1) is 0 Å². The summed E-state index contributed by atoms with van der Waals surface area (Å²) in [5.74, 6) is 0.804. The molecular weight excluding hydrogens is 302 g/mol. The SMILES string of the molecule is Cn1c(=O)c2cnccc2c2ccc(OCC3CCCCN3)cc21. The first-order valence-corrected chi connectivity index (χ1v) is 8.47. The lowest BCUT2D eigenvalue weighted by atomic mass is 10.1. The monoisotopic (exact) mass is 323 g/mol. The highest BCUT2D eigenvalue weighted by Gasteiger charge is 2.14. The summed E-state index contributed by atoms with van der Waals surface area (Å²) in [7, 11) is 1.80. The van der Waals surface area contributed by atoms with E-state index in [1.165, 1.54) is 12.8 Å². The molecule has 2 aromatic heterocycles. The van der Waals surface area contributed by atoms with Gasteiger partial charge in [-0.1, -0.05) is 6.42 Å². The van der Waals surface area contributed by atoms with Crippen LogP contribution in [0.25, 0.3) is 21.7 Å². The minimum Gasteiger partial charge on any atom is -0.492 e. The zero-order valence-corrected chi connectivity index (χ0v) is 13.8. The maximum absolute atomic E-state index is 12.5. The number of aryl methyl sites for hydroxylation is 1. The van der Waals surface area contributed by atoms with Gasteiger partial charge in [-0.05, 0) is 43.0 Å². The Bertz CT molecular complexity index is 942. The second-order valence-corrected chi connectivity index (χ2v) is 6.42. The third kappa shape index (κ3) is 2.65. The summed E-state index contributed by atoms with van der Waals surface area (Å²) >= 11 is 0. The van der Waals surface area contributed by atoms with Crippen molar-refractivity contribution < 1.29 is 4.74 Å². The predicted octanol–water partition coefficient (Wildman–Crippen LogP) is 2.61. The molecular formula is C19H21N3O2. The van der Waals surface area contributed by atoms with Crippen LogP contribution in [-0.4, -0.2) is 28.7 Å². The normalized spacial score (nSPS) is 18.1. The molecule has 1 aromatic carbocycles. The molecule has 0 saturated carbocycles. The molecule has 4 rings (SSSR count). The molecule has 1 aliphatic heterocycles. The fourth-order valence-electron chi connectivity index (χ4n) is 3.46. The molecule has 1 atom stereocenters. The average molecular weight is 323 g/mol. The van der Waals surface area contributed by atoms with Gasteiger partial charge in [0.05, 0.1) is 10.9 Å². The lowest BCUT2D eigenvalue weighted by molar-refractivity contribution is 0.239. The van der Waals surface area contributed by atoms with Crippen molar-refractivity contribution in [3.8, 4) is 5.75 Å². The number of nitrogens with zero attached hydrogens (tertiary/aromatic N) is 2. The topological polar surface area (TPSA) is 56.2 Å². The first-order chi connectivity index (χ1) is 11.7. The van der Waals surface area contributed by atoms with Gasteiger partial charge in [-0.25, -0.2) is 0 Å². The van der Waals surface area contributed by atoms with Gasteiger partial charge in [0.25, 0.3) is 5.56 Å². The highest BCUT2D eigenvalue weighted by Crippen LogP contribution is 2.25. The Morgan fingerprint density at radius 1 is 1.25 bits per heavy atom. The number of rotatable bonds is 3. The number of hydrogen-bond donors (Lipinski definition) is 1. The predicted molar refractivity (Wildman–Crippen MR) is 95.6 cm³/mol. The summed E-state index contributed by atoms with van der Waals surface area (Å²) in [5.41, 5.74) is 0.851. The Morgan fingerprint density at radius 2 is 2.17 bits per heavy atom. The second kappa shape index (κ2) is 6.24. The van der Waals surface area contributed by atoms with E-state index < -0.39 is 0 Å². The average Bonchev–Trinajstić information content (AvgIpc) is 2.65. The third-order valence-electron chi connectivity index (χ3n) is 4.84. The highest BCUT2D eigenvalue weighted by molar-refractivity contribution is 6.05. The summed E-state index contributed by atoms with van der Waals surface area (Å²) in [6.45, 7) is 1.73. The second-order valence-electron chi connectivity index (χ2n) is 6.42. The fourth-order valence-corrected chi connectivity index (χ4v) is 3.46. The highest BCUT2D eigenvalue weighted by atomic mass is 16.5. The maximum atomic E-state index is 12.5. The zero-order valence-electron chi connectivity index (χ0n) is 13.8. The van der Waals surface area contributed by atoms with Gasteiger partial charge in [0.1, 0.15) is 12.4 Å². The van der Waals surface area contributed by atoms with Crippen molar-refractivity contribution >= 4 is 21.7 Å². The number of hydrogen-bond acceptors (Lipinski definition) is 4. The van der Waals surface area contributed by atoms with Gasteiger partial charge in [-0.3, -0.25) is 9.78 Å². The standard InChI is InChI=1S/C19H21N3O2/c1-22-18-10-14(24-12-13-4-2-3-8-21-13)5-6-16(18)15-7-9-20-11-17(15)19(22)23/h5-7,9-11,13,21H,2-4,8,12H2,1H3. The number of aromatic nitrogens is 2. The van der Waals surface area contributed by atoms with Gasteiger partial charge in [0, 0.05) is 36.9 Å². The van der Waals surface area contributed by atoms with Crippen LogP contribution in [0.3, 0.4) is 0 Å². The minimum atomic E-state index is -0.0308. The zero-order chi connectivity index (χ0) is 16.5. The van der Waals surface area contributed by atoms with Gasteiger partial charge in [0.15, 0.2) is 0 Å². The number of ether oxygens (including phenoxy) is 1. The summed E-state index contributed by atoms with van der Waals surface area (Å²) in [6.07, 6.45) is 7.02. The van der Waals surface area contributed by atoms with Crippen LogP contribution in [0.1, 0.15) is 19.3 Å². The first-order valence-electron chi connectivity index (χ1n) is 8.47. The third-order valence-corrected chi connectivity index (χ3v) is 4.84. The van der Waals surface area contributed by atoms with E-state index in [9.17, 15) is 4.79 Å². The Kier molecular flexibility index (Phi) is 3.94. The quantitative estimate of drug-likeness (QED) is 0.753. The summed E-state index contributed by atoms with van der Waals surface area (Å²) in [6, 6.07) is 8.28. The lowest BCUT2D eigenvalue weighted by Gasteiger charge is -2.23. The fraction of sp³-hybridized carbons (Fsp3) is 0.368. The van der Waals surface area contributed by atoms with E-state index in [1.807, 2.05) is 24.3 Å². The van der Waals surface area contributed by atoms with Crippen LogP contribution in [-0.2, 0) is 7.05 Å². The molecule has 1 N–H and O–H groups in total. The largest absolute Gasteiger partial charge is 0.492 e. The van der Waals surface area contributed by atoms with E-state index in [0.717, 1.165) is 35.0 Å². The minimum absolute atomic E-state index is 0.0308. The number of fused-ring (bicyclic) bond motifs is 3. The molecule has 1 unspecified atom stereocenters. The molecule has 5 nitrogen and oxygen atoms in total. The van der Waals surface area contributed by atoms with E-state index in [4.69, 9.17) is 4.74 Å². The van der Waals surface area contributed by atoms with Crippen molar-refractivity contribution in [2.75, 3.05) is 13.2 Å². The number of benzene rings is 1. The van der Waals surface area contributed by atoms with Crippen molar-refractivity contribution in [3.05, 3.63) is 47.0 Å². The molecule has 3 heterocycles. The molecule has 0 spiro atoms. The van der Waals surface area contributed by atoms with Crippen molar-refractivity contribution in [2.45, 2.75) is 25.3 Å². The Labute approximate surface area is 140 Å². The number of pyridine rings is 2. The van der Waals surface area contributed by atoms with Crippen LogP contribution in [0.5, 0.6) is 5.75 Å². The van der Waals surface area contributed by atoms with Crippen LogP contribution >= 0.6 is 0 Å². The number of piperidine rings is 1. The van der Waals surface area contributed by atoms with Gasteiger partial charge in [-0.2, -0.15) is 0 Å². The van der Waals surface area contributed by atoms with Crippen LogP contribution in [0.4, 0.5) is 0 Å². The van der Waals surface area contributed by atoms with E-state index in [-0.39, 0.29) is 5.56 Å².